The number of amides is 2. The number of benzene rings is 2. The van der Waals surface area contributed by atoms with Crippen LogP contribution in [0.1, 0.15) is 18.4 Å². The first-order valence-electron chi connectivity index (χ1n) is 8.41. The van der Waals surface area contributed by atoms with Crippen molar-refractivity contribution in [2.45, 2.75) is 19.3 Å². The number of nitrogens with one attached hydrogen (secondary N) is 1. The van der Waals surface area contributed by atoms with Crippen molar-refractivity contribution in [2.75, 3.05) is 18.0 Å². The van der Waals surface area contributed by atoms with Crippen molar-refractivity contribution >= 4 is 17.5 Å². The number of para-hydroxylation sites is 1. The van der Waals surface area contributed by atoms with Gasteiger partial charge in [0, 0.05) is 25.2 Å². The Morgan fingerprint density at radius 1 is 1.04 bits per heavy atom. The van der Waals surface area contributed by atoms with Gasteiger partial charge in [-0.2, -0.15) is 0 Å². The number of hydrogen-bond donors (Lipinski definition) is 1. The maximum atomic E-state index is 12.3. The SMILES string of the molecule is O=C(NCCCc1ccccc1)[C@@H]1CC(=O)N(c2ccccc2)C1. The summed E-state index contributed by atoms with van der Waals surface area (Å²) in [5.74, 6) is -0.255. The van der Waals surface area contributed by atoms with Crippen molar-refractivity contribution in [3.63, 3.8) is 0 Å². The maximum Gasteiger partial charge on any atom is 0.227 e. The van der Waals surface area contributed by atoms with E-state index in [0.717, 1.165) is 18.5 Å². The quantitative estimate of drug-likeness (QED) is 0.832. The van der Waals surface area contributed by atoms with E-state index in [1.54, 1.807) is 4.90 Å². The van der Waals surface area contributed by atoms with Crippen LogP contribution in [0.2, 0.25) is 0 Å². The molecule has 4 nitrogen and oxygen atoms in total. The molecule has 1 aliphatic rings. The van der Waals surface area contributed by atoms with Crippen LogP contribution in [0.4, 0.5) is 5.69 Å². The van der Waals surface area contributed by atoms with Crippen LogP contribution in [0, 0.1) is 5.92 Å². The molecule has 1 heterocycles. The van der Waals surface area contributed by atoms with Crippen molar-refractivity contribution in [1.29, 1.82) is 0 Å². The molecule has 0 aromatic heterocycles. The van der Waals surface area contributed by atoms with Gasteiger partial charge in [-0.15, -0.1) is 0 Å². The van der Waals surface area contributed by atoms with Gasteiger partial charge in [0.25, 0.3) is 0 Å². The Labute approximate surface area is 142 Å². The lowest BCUT2D eigenvalue weighted by molar-refractivity contribution is -0.126. The first-order chi connectivity index (χ1) is 11.7. The van der Waals surface area contributed by atoms with Gasteiger partial charge < -0.3 is 10.2 Å². The number of carbonyl (C=O) groups is 2. The average Bonchev–Trinajstić information content (AvgIpc) is 3.02. The minimum atomic E-state index is -0.255. The lowest BCUT2D eigenvalue weighted by Gasteiger charge is -2.16. The Bertz CT molecular complexity index is 685. The van der Waals surface area contributed by atoms with Gasteiger partial charge in [0.15, 0.2) is 0 Å². The molecular formula is C20H22N2O2. The lowest BCUT2D eigenvalue weighted by atomic mass is 10.1. The number of rotatable bonds is 6. The summed E-state index contributed by atoms with van der Waals surface area (Å²) >= 11 is 0. The highest BCUT2D eigenvalue weighted by Crippen LogP contribution is 2.24. The van der Waals surface area contributed by atoms with Crippen LogP contribution in [0.5, 0.6) is 0 Å². The Kier molecular flexibility index (Phi) is 5.26. The second-order valence-electron chi connectivity index (χ2n) is 6.12. The third kappa shape index (κ3) is 4.02. The molecule has 0 radical (unpaired) electrons. The van der Waals surface area contributed by atoms with Crippen molar-refractivity contribution < 1.29 is 9.59 Å². The summed E-state index contributed by atoms with van der Waals surface area (Å²) in [5, 5.41) is 2.97. The zero-order chi connectivity index (χ0) is 16.8. The number of carbonyl (C=O) groups excluding carboxylic acids is 2. The number of aryl methyl sites for hydroxylation is 1. The summed E-state index contributed by atoms with van der Waals surface area (Å²) in [6.45, 7) is 1.11. The molecule has 0 aliphatic carbocycles. The number of anilines is 1. The summed E-state index contributed by atoms with van der Waals surface area (Å²) in [6.07, 6.45) is 2.14. The molecule has 1 saturated heterocycles. The normalized spacial score (nSPS) is 17.1. The summed E-state index contributed by atoms with van der Waals surface area (Å²) in [4.78, 5) is 26.1. The van der Waals surface area contributed by atoms with Gasteiger partial charge in [-0.05, 0) is 30.5 Å². The second kappa shape index (κ2) is 7.77. The molecule has 0 unspecified atom stereocenters. The second-order valence-corrected chi connectivity index (χ2v) is 6.12. The molecule has 1 fully saturated rings. The van der Waals surface area contributed by atoms with Gasteiger partial charge in [0.05, 0.1) is 5.92 Å². The fourth-order valence-corrected chi connectivity index (χ4v) is 3.03. The van der Waals surface area contributed by atoms with Crippen LogP contribution in [0.25, 0.3) is 0 Å². The van der Waals surface area contributed by atoms with Gasteiger partial charge in [-0.3, -0.25) is 9.59 Å². The standard InChI is InChI=1S/C20H22N2O2/c23-19-14-17(15-22(19)18-11-5-2-6-12-18)20(24)21-13-7-10-16-8-3-1-4-9-16/h1-6,8-9,11-12,17H,7,10,13-15H2,(H,21,24)/t17-/m1/s1. The van der Waals surface area contributed by atoms with E-state index >= 15 is 0 Å². The smallest absolute Gasteiger partial charge is 0.227 e. The highest BCUT2D eigenvalue weighted by molar-refractivity contribution is 6.00. The van der Waals surface area contributed by atoms with Gasteiger partial charge in [-0.1, -0.05) is 48.5 Å². The van der Waals surface area contributed by atoms with Crippen LogP contribution >= 0.6 is 0 Å². The Morgan fingerprint density at radius 3 is 2.42 bits per heavy atom. The summed E-state index contributed by atoms with van der Waals surface area (Å²) in [6, 6.07) is 19.8. The topological polar surface area (TPSA) is 49.4 Å². The molecule has 1 atom stereocenters. The van der Waals surface area contributed by atoms with Crippen molar-refractivity contribution in [2.24, 2.45) is 5.92 Å². The molecule has 2 aromatic rings. The van der Waals surface area contributed by atoms with Crippen LogP contribution < -0.4 is 10.2 Å². The first-order valence-corrected chi connectivity index (χ1v) is 8.41. The lowest BCUT2D eigenvalue weighted by Crippen LogP contribution is -2.33. The molecule has 0 spiro atoms. The van der Waals surface area contributed by atoms with Gasteiger partial charge in [0.1, 0.15) is 0 Å². The maximum absolute atomic E-state index is 12.3. The third-order valence-corrected chi connectivity index (χ3v) is 4.35. The van der Waals surface area contributed by atoms with E-state index in [9.17, 15) is 9.59 Å². The van der Waals surface area contributed by atoms with Crippen molar-refractivity contribution in [1.82, 2.24) is 5.32 Å². The molecule has 124 valence electrons. The zero-order valence-corrected chi connectivity index (χ0v) is 13.7. The molecule has 2 aromatic carbocycles. The predicted octanol–water partition coefficient (Wildman–Crippen LogP) is 2.79. The fourth-order valence-electron chi connectivity index (χ4n) is 3.03. The van der Waals surface area contributed by atoms with Gasteiger partial charge in [-0.25, -0.2) is 0 Å². The van der Waals surface area contributed by atoms with E-state index in [2.05, 4.69) is 17.4 Å². The molecule has 0 bridgehead atoms. The van der Waals surface area contributed by atoms with E-state index in [-0.39, 0.29) is 17.7 Å². The molecular weight excluding hydrogens is 300 g/mol. The average molecular weight is 322 g/mol. The first kappa shape index (κ1) is 16.2. The largest absolute Gasteiger partial charge is 0.356 e. The van der Waals surface area contributed by atoms with Gasteiger partial charge >= 0.3 is 0 Å². The predicted molar refractivity (Wildman–Crippen MR) is 94.7 cm³/mol. The Hall–Kier alpha value is -2.62. The van der Waals surface area contributed by atoms with E-state index < -0.39 is 0 Å². The van der Waals surface area contributed by atoms with Crippen LogP contribution in [0.15, 0.2) is 60.7 Å². The Morgan fingerprint density at radius 2 is 1.71 bits per heavy atom. The van der Waals surface area contributed by atoms with Crippen LogP contribution in [0.3, 0.4) is 0 Å². The minimum Gasteiger partial charge on any atom is -0.356 e. The van der Waals surface area contributed by atoms with Crippen LogP contribution in [-0.2, 0) is 16.0 Å². The van der Waals surface area contributed by atoms with E-state index in [0.29, 0.717) is 19.5 Å². The van der Waals surface area contributed by atoms with E-state index in [4.69, 9.17) is 0 Å². The summed E-state index contributed by atoms with van der Waals surface area (Å²) in [5.41, 5.74) is 2.14. The molecule has 2 amide bonds. The van der Waals surface area contributed by atoms with Crippen molar-refractivity contribution in [3.05, 3.63) is 66.2 Å². The van der Waals surface area contributed by atoms with Gasteiger partial charge in [0.2, 0.25) is 11.8 Å². The zero-order valence-electron chi connectivity index (χ0n) is 13.7. The molecule has 4 heteroatoms. The highest BCUT2D eigenvalue weighted by Gasteiger charge is 2.34. The van der Waals surface area contributed by atoms with Crippen molar-refractivity contribution in [3.8, 4) is 0 Å². The van der Waals surface area contributed by atoms with E-state index in [1.807, 2.05) is 48.5 Å². The van der Waals surface area contributed by atoms with Crippen LogP contribution in [-0.4, -0.2) is 24.9 Å². The number of hydrogen-bond acceptors (Lipinski definition) is 2. The molecule has 24 heavy (non-hydrogen) atoms. The number of nitrogens with zero attached hydrogens (tertiary/aromatic N) is 1. The third-order valence-electron chi connectivity index (χ3n) is 4.35. The highest BCUT2D eigenvalue weighted by atomic mass is 16.2. The fraction of sp³-hybridized carbons (Fsp3) is 0.300. The molecule has 1 aliphatic heterocycles. The molecule has 3 rings (SSSR count). The monoisotopic (exact) mass is 322 g/mol. The minimum absolute atomic E-state index is 0.0187. The molecule has 0 saturated carbocycles. The van der Waals surface area contributed by atoms with E-state index in [1.165, 1.54) is 5.56 Å². The summed E-state index contributed by atoms with van der Waals surface area (Å²) < 4.78 is 0. The molecule has 1 N–H and O–H groups in total. The Balaban J connectivity index is 1.45. The summed E-state index contributed by atoms with van der Waals surface area (Å²) in [7, 11) is 0.